The third-order valence-electron chi connectivity index (χ3n) is 3.41. The van der Waals surface area contributed by atoms with Crippen molar-refractivity contribution in [2.45, 2.75) is 57.9 Å². The smallest absolute Gasteiger partial charge is 0.0796 e. The van der Waals surface area contributed by atoms with Crippen molar-refractivity contribution in [2.24, 2.45) is 5.73 Å². The van der Waals surface area contributed by atoms with Gasteiger partial charge in [0.2, 0.25) is 0 Å². The fourth-order valence-electron chi connectivity index (χ4n) is 2.71. The van der Waals surface area contributed by atoms with Gasteiger partial charge in [-0.15, -0.1) is 0 Å². The fourth-order valence-corrected chi connectivity index (χ4v) is 4.61. The second-order valence-corrected chi connectivity index (χ2v) is 5.97. The molecule has 1 saturated heterocycles. The van der Waals surface area contributed by atoms with Gasteiger partial charge in [0.05, 0.1) is 12.2 Å². The maximum atomic E-state index is 6.33. The van der Waals surface area contributed by atoms with E-state index in [0.717, 1.165) is 6.42 Å². The molecule has 5 heteroatoms. The van der Waals surface area contributed by atoms with Crippen LogP contribution >= 0.6 is 23.9 Å². The topological polar surface area (TPSA) is 32.5 Å². The van der Waals surface area contributed by atoms with Gasteiger partial charge in [0.1, 0.15) is 0 Å². The first-order chi connectivity index (χ1) is 7.58. The quantitative estimate of drug-likeness (QED) is 0.770. The molecule has 0 aromatic heterocycles. The molecule has 0 aliphatic carbocycles. The standard InChI is InChI=1S/C11H25N3S2/c1-6-7-10(12)11-8(2)13(15-4)9(3)14(11)16-5/h8-11H,6-7,12H2,1-5H3. The second kappa shape index (κ2) is 6.50. The Morgan fingerprint density at radius 3 is 2.19 bits per heavy atom. The Kier molecular flexibility index (Phi) is 5.94. The maximum absolute atomic E-state index is 6.33. The van der Waals surface area contributed by atoms with Gasteiger partial charge in [-0.1, -0.05) is 37.2 Å². The molecule has 4 unspecified atom stereocenters. The van der Waals surface area contributed by atoms with Crippen molar-refractivity contribution in [2.75, 3.05) is 12.5 Å². The van der Waals surface area contributed by atoms with Gasteiger partial charge in [0, 0.05) is 12.1 Å². The molecule has 1 aliphatic heterocycles. The van der Waals surface area contributed by atoms with E-state index < -0.39 is 0 Å². The Hall–Kier alpha value is 0.580. The minimum absolute atomic E-state index is 0.284. The van der Waals surface area contributed by atoms with E-state index >= 15 is 0 Å². The van der Waals surface area contributed by atoms with Crippen LogP contribution in [0.15, 0.2) is 0 Å². The molecule has 0 spiro atoms. The summed E-state index contributed by atoms with van der Waals surface area (Å²) in [5.41, 5.74) is 6.33. The molecule has 0 aromatic carbocycles. The van der Waals surface area contributed by atoms with Crippen molar-refractivity contribution in [3.05, 3.63) is 0 Å². The van der Waals surface area contributed by atoms with Crippen LogP contribution in [-0.2, 0) is 0 Å². The summed E-state index contributed by atoms with van der Waals surface area (Å²) < 4.78 is 4.91. The first-order valence-corrected chi connectivity index (χ1v) is 8.35. The minimum Gasteiger partial charge on any atom is -0.326 e. The summed E-state index contributed by atoms with van der Waals surface area (Å²) in [4.78, 5) is 0. The Morgan fingerprint density at radius 1 is 1.19 bits per heavy atom. The van der Waals surface area contributed by atoms with Gasteiger partial charge in [0.15, 0.2) is 0 Å². The van der Waals surface area contributed by atoms with Crippen LogP contribution in [0, 0.1) is 0 Å². The van der Waals surface area contributed by atoms with Crippen LogP contribution < -0.4 is 5.73 Å². The van der Waals surface area contributed by atoms with E-state index in [4.69, 9.17) is 5.73 Å². The van der Waals surface area contributed by atoms with Gasteiger partial charge < -0.3 is 5.73 Å². The van der Waals surface area contributed by atoms with E-state index in [1.807, 2.05) is 23.9 Å². The summed E-state index contributed by atoms with van der Waals surface area (Å²) in [7, 11) is 0. The molecule has 16 heavy (non-hydrogen) atoms. The molecular formula is C11H25N3S2. The predicted octanol–water partition coefficient (Wildman–Crippen LogP) is 2.39. The van der Waals surface area contributed by atoms with Crippen molar-refractivity contribution in [1.82, 2.24) is 8.61 Å². The minimum atomic E-state index is 0.284. The van der Waals surface area contributed by atoms with Crippen molar-refractivity contribution in [1.29, 1.82) is 0 Å². The van der Waals surface area contributed by atoms with Gasteiger partial charge in [-0.2, -0.15) is 0 Å². The van der Waals surface area contributed by atoms with Gasteiger partial charge >= 0.3 is 0 Å². The summed E-state index contributed by atoms with van der Waals surface area (Å²) in [5, 5.41) is 0. The van der Waals surface area contributed by atoms with Gasteiger partial charge in [-0.25, -0.2) is 8.61 Å². The lowest BCUT2D eigenvalue weighted by Gasteiger charge is -2.30. The zero-order valence-corrected chi connectivity index (χ0v) is 12.6. The molecule has 0 aromatic rings. The lowest BCUT2D eigenvalue weighted by atomic mass is 10.00. The van der Waals surface area contributed by atoms with Gasteiger partial charge in [-0.3, -0.25) is 0 Å². The molecule has 1 fully saturated rings. The molecule has 0 saturated carbocycles. The van der Waals surface area contributed by atoms with Crippen molar-refractivity contribution < 1.29 is 0 Å². The van der Waals surface area contributed by atoms with E-state index in [-0.39, 0.29) is 6.04 Å². The first kappa shape index (κ1) is 14.6. The van der Waals surface area contributed by atoms with Crippen molar-refractivity contribution >= 4 is 23.9 Å². The average Bonchev–Trinajstić information content (AvgIpc) is 2.49. The summed E-state index contributed by atoms with van der Waals surface area (Å²) >= 11 is 3.65. The zero-order chi connectivity index (χ0) is 12.3. The highest BCUT2D eigenvalue weighted by atomic mass is 32.2. The Balaban J connectivity index is 2.80. The van der Waals surface area contributed by atoms with E-state index in [1.54, 1.807) is 0 Å². The molecular weight excluding hydrogens is 238 g/mol. The lowest BCUT2D eigenvalue weighted by Crippen LogP contribution is -2.47. The SMILES string of the molecule is CCCC(N)C1C(C)N(SC)C(C)N1SC. The normalized spacial score (nSPS) is 34.5. The van der Waals surface area contributed by atoms with Gasteiger partial charge in [0.25, 0.3) is 0 Å². The monoisotopic (exact) mass is 263 g/mol. The average molecular weight is 263 g/mol. The summed E-state index contributed by atoms with van der Waals surface area (Å²) in [6.07, 6.45) is 7.05. The fraction of sp³-hybridized carbons (Fsp3) is 1.00. The molecule has 3 nitrogen and oxygen atoms in total. The molecule has 0 amide bonds. The van der Waals surface area contributed by atoms with E-state index in [2.05, 4.69) is 41.9 Å². The molecule has 1 aliphatic rings. The summed E-state index contributed by atoms with van der Waals surface area (Å²) in [6.45, 7) is 6.77. The molecule has 2 N–H and O–H groups in total. The third-order valence-corrected chi connectivity index (χ3v) is 5.44. The molecule has 1 heterocycles. The van der Waals surface area contributed by atoms with Crippen LogP contribution in [0.2, 0.25) is 0 Å². The van der Waals surface area contributed by atoms with E-state index in [0.29, 0.717) is 18.2 Å². The molecule has 1 rings (SSSR count). The second-order valence-electron chi connectivity index (χ2n) is 4.40. The highest BCUT2D eigenvalue weighted by Gasteiger charge is 2.44. The number of nitrogens with zero attached hydrogens (tertiary/aromatic N) is 2. The van der Waals surface area contributed by atoms with Crippen LogP contribution in [0.4, 0.5) is 0 Å². The molecule has 96 valence electrons. The maximum Gasteiger partial charge on any atom is 0.0796 e. The zero-order valence-electron chi connectivity index (χ0n) is 11.0. The van der Waals surface area contributed by atoms with Crippen molar-refractivity contribution in [3.8, 4) is 0 Å². The molecule has 0 bridgehead atoms. The van der Waals surface area contributed by atoms with Crippen LogP contribution in [0.1, 0.15) is 33.6 Å². The molecule has 4 atom stereocenters. The van der Waals surface area contributed by atoms with E-state index in [1.165, 1.54) is 6.42 Å². The van der Waals surface area contributed by atoms with E-state index in [9.17, 15) is 0 Å². The Labute approximate surface area is 109 Å². The highest BCUT2D eigenvalue weighted by molar-refractivity contribution is 7.97. The Bertz CT molecular complexity index is 215. The number of hydrogen-bond acceptors (Lipinski definition) is 5. The first-order valence-electron chi connectivity index (χ1n) is 5.98. The van der Waals surface area contributed by atoms with Gasteiger partial charge in [-0.05, 0) is 32.8 Å². The number of nitrogens with two attached hydrogens (primary N) is 1. The third kappa shape index (κ3) is 2.70. The Morgan fingerprint density at radius 2 is 1.75 bits per heavy atom. The highest BCUT2D eigenvalue weighted by Crippen LogP contribution is 2.37. The lowest BCUT2D eigenvalue weighted by molar-refractivity contribution is 0.300. The number of hydrogen-bond donors (Lipinski definition) is 1. The molecule has 0 radical (unpaired) electrons. The van der Waals surface area contributed by atoms with Crippen molar-refractivity contribution in [3.63, 3.8) is 0 Å². The summed E-state index contributed by atoms with van der Waals surface area (Å²) in [5.74, 6) is 0. The van der Waals surface area contributed by atoms with Crippen LogP contribution in [0.25, 0.3) is 0 Å². The predicted molar refractivity (Wildman–Crippen MR) is 76.3 cm³/mol. The van der Waals surface area contributed by atoms with Crippen LogP contribution in [-0.4, -0.2) is 45.4 Å². The largest absolute Gasteiger partial charge is 0.326 e. The van der Waals surface area contributed by atoms with Crippen LogP contribution in [0.5, 0.6) is 0 Å². The summed E-state index contributed by atoms with van der Waals surface area (Å²) in [6, 6.07) is 1.28. The van der Waals surface area contributed by atoms with Crippen LogP contribution in [0.3, 0.4) is 0 Å². The number of rotatable bonds is 5.